The third kappa shape index (κ3) is 2.44. The molecule has 90 valence electrons. The first-order valence-electron chi connectivity index (χ1n) is 6.12. The van der Waals surface area contributed by atoms with Crippen LogP contribution in [0.3, 0.4) is 0 Å². The molecule has 0 bridgehead atoms. The van der Waals surface area contributed by atoms with Crippen LogP contribution >= 0.6 is 0 Å². The standard InChI is InChI=1S/C12H22N4/c1-8(2)16-5-4-10(15-16)7-12(14-13)11-6-9(11)3/h4-5,8-9,11-12,14H,6-7,13H2,1-3H3. The second-order valence-electron chi connectivity index (χ2n) is 5.23. The summed E-state index contributed by atoms with van der Waals surface area (Å²) < 4.78 is 2.00. The van der Waals surface area contributed by atoms with Crippen molar-refractivity contribution in [2.45, 2.75) is 45.7 Å². The van der Waals surface area contributed by atoms with Gasteiger partial charge in [-0.2, -0.15) is 5.10 Å². The van der Waals surface area contributed by atoms with Crippen LogP contribution in [-0.4, -0.2) is 15.8 Å². The van der Waals surface area contributed by atoms with Gasteiger partial charge >= 0.3 is 0 Å². The van der Waals surface area contributed by atoms with Crippen LogP contribution in [0.5, 0.6) is 0 Å². The van der Waals surface area contributed by atoms with E-state index in [0.29, 0.717) is 12.1 Å². The summed E-state index contributed by atoms with van der Waals surface area (Å²) in [6.45, 7) is 6.55. The fourth-order valence-electron chi connectivity index (χ4n) is 2.24. The van der Waals surface area contributed by atoms with Crippen LogP contribution in [0.15, 0.2) is 12.3 Å². The van der Waals surface area contributed by atoms with E-state index in [4.69, 9.17) is 5.84 Å². The summed E-state index contributed by atoms with van der Waals surface area (Å²) in [5, 5.41) is 4.55. The Bertz CT molecular complexity index is 345. The lowest BCUT2D eigenvalue weighted by Crippen LogP contribution is -2.39. The predicted octanol–water partition coefficient (Wildman–Crippen LogP) is 1.49. The maximum absolute atomic E-state index is 5.61. The normalized spacial score (nSPS) is 26.1. The molecule has 0 spiro atoms. The monoisotopic (exact) mass is 222 g/mol. The van der Waals surface area contributed by atoms with E-state index in [-0.39, 0.29) is 0 Å². The van der Waals surface area contributed by atoms with Gasteiger partial charge in [0.1, 0.15) is 0 Å². The highest BCUT2D eigenvalue weighted by Crippen LogP contribution is 2.41. The molecule has 4 heteroatoms. The first kappa shape index (κ1) is 11.6. The molecular weight excluding hydrogens is 200 g/mol. The topological polar surface area (TPSA) is 55.9 Å². The number of aromatic nitrogens is 2. The Morgan fingerprint density at radius 3 is 2.75 bits per heavy atom. The number of nitrogens with zero attached hydrogens (tertiary/aromatic N) is 2. The van der Waals surface area contributed by atoms with E-state index in [9.17, 15) is 0 Å². The second-order valence-corrected chi connectivity index (χ2v) is 5.23. The van der Waals surface area contributed by atoms with Gasteiger partial charge in [0, 0.05) is 24.7 Å². The molecule has 3 unspecified atom stereocenters. The number of hydrazine groups is 1. The summed E-state index contributed by atoms with van der Waals surface area (Å²) >= 11 is 0. The smallest absolute Gasteiger partial charge is 0.0640 e. The molecule has 0 saturated heterocycles. The molecule has 1 heterocycles. The molecule has 0 aromatic carbocycles. The average molecular weight is 222 g/mol. The molecule has 1 aliphatic carbocycles. The summed E-state index contributed by atoms with van der Waals surface area (Å²) in [6.07, 6.45) is 4.27. The molecular formula is C12H22N4. The Morgan fingerprint density at radius 1 is 1.62 bits per heavy atom. The summed E-state index contributed by atoms with van der Waals surface area (Å²) in [6, 6.07) is 2.90. The van der Waals surface area contributed by atoms with Crippen LogP contribution in [0.4, 0.5) is 0 Å². The van der Waals surface area contributed by atoms with Crippen LogP contribution in [0, 0.1) is 11.8 Å². The van der Waals surface area contributed by atoms with Gasteiger partial charge in [-0.3, -0.25) is 16.0 Å². The van der Waals surface area contributed by atoms with Gasteiger partial charge in [0.25, 0.3) is 0 Å². The van der Waals surface area contributed by atoms with Crippen LogP contribution in [0.25, 0.3) is 0 Å². The summed E-state index contributed by atoms with van der Waals surface area (Å²) in [5.41, 5.74) is 4.07. The van der Waals surface area contributed by atoms with Crippen molar-refractivity contribution in [3.05, 3.63) is 18.0 Å². The number of nitrogens with two attached hydrogens (primary N) is 1. The van der Waals surface area contributed by atoms with Gasteiger partial charge in [0.05, 0.1) is 5.69 Å². The van der Waals surface area contributed by atoms with Gasteiger partial charge in [-0.25, -0.2) is 0 Å². The lowest BCUT2D eigenvalue weighted by atomic mass is 10.1. The number of hydrogen-bond acceptors (Lipinski definition) is 3. The highest BCUT2D eigenvalue weighted by molar-refractivity contribution is 5.05. The molecule has 3 N–H and O–H groups in total. The number of nitrogens with one attached hydrogen (secondary N) is 1. The minimum absolute atomic E-state index is 0.380. The van der Waals surface area contributed by atoms with E-state index in [1.807, 2.05) is 10.9 Å². The van der Waals surface area contributed by atoms with Crippen molar-refractivity contribution in [3.8, 4) is 0 Å². The van der Waals surface area contributed by atoms with Gasteiger partial charge in [0.2, 0.25) is 0 Å². The van der Waals surface area contributed by atoms with Crippen molar-refractivity contribution in [1.29, 1.82) is 0 Å². The molecule has 1 saturated carbocycles. The first-order valence-corrected chi connectivity index (χ1v) is 6.12. The maximum Gasteiger partial charge on any atom is 0.0640 e. The highest BCUT2D eigenvalue weighted by atomic mass is 15.3. The summed E-state index contributed by atoms with van der Waals surface area (Å²) in [7, 11) is 0. The van der Waals surface area contributed by atoms with Crippen LogP contribution < -0.4 is 11.3 Å². The van der Waals surface area contributed by atoms with Gasteiger partial charge in [-0.15, -0.1) is 0 Å². The largest absolute Gasteiger partial charge is 0.271 e. The van der Waals surface area contributed by atoms with Crippen molar-refractivity contribution in [3.63, 3.8) is 0 Å². The lowest BCUT2D eigenvalue weighted by molar-refractivity contribution is 0.444. The second kappa shape index (κ2) is 4.55. The minimum Gasteiger partial charge on any atom is -0.271 e. The van der Waals surface area contributed by atoms with Crippen molar-refractivity contribution >= 4 is 0 Å². The van der Waals surface area contributed by atoms with E-state index in [1.165, 1.54) is 6.42 Å². The fraction of sp³-hybridized carbons (Fsp3) is 0.750. The quantitative estimate of drug-likeness (QED) is 0.586. The average Bonchev–Trinajstić information content (AvgIpc) is 2.80. The van der Waals surface area contributed by atoms with E-state index in [1.54, 1.807) is 0 Å². The van der Waals surface area contributed by atoms with E-state index in [2.05, 4.69) is 37.4 Å². The SMILES string of the molecule is CC1CC1C(Cc1ccn(C(C)C)n1)NN. The van der Waals surface area contributed by atoms with Crippen molar-refractivity contribution in [2.75, 3.05) is 0 Å². The van der Waals surface area contributed by atoms with Gasteiger partial charge in [-0.1, -0.05) is 6.92 Å². The molecule has 1 fully saturated rings. The van der Waals surface area contributed by atoms with Crippen LogP contribution in [0.1, 0.15) is 38.9 Å². The zero-order valence-corrected chi connectivity index (χ0v) is 10.4. The van der Waals surface area contributed by atoms with E-state index >= 15 is 0 Å². The van der Waals surface area contributed by atoms with Gasteiger partial charge in [0.15, 0.2) is 0 Å². The fourth-order valence-corrected chi connectivity index (χ4v) is 2.24. The molecule has 4 nitrogen and oxygen atoms in total. The molecule has 2 rings (SSSR count). The Kier molecular flexibility index (Phi) is 3.30. The first-order chi connectivity index (χ1) is 7.61. The zero-order valence-electron chi connectivity index (χ0n) is 10.4. The van der Waals surface area contributed by atoms with Crippen LogP contribution in [0.2, 0.25) is 0 Å². The molecule has 0 radical (unpaired) electrons. The van der Waals surface area contributed by atoms with Crippen molar-refractivity contribution < 1.29 is 0 Å². The maximum atomic E-state index is 5.61. The Hall–Kier alpha value is -0.870. The predicted molar refractivity (Wildman–Crippen MR) is 64.7 cm³/mol. The molecule has 16 heavy (non-hydrogen) atoms. The Balaban J connectivity index is 1.96. The van der Waals surface area contributed by atoms with Gasteiger partial charge < -0.3 is 0 Å². The summed E-state index contributed by atoms with van der Waals surface area (Å²) in [4.78, 5) is 0. The lowest BCUT2D eigenvalue weighted by Gasteiger charge is -2.14. The van der Waals surface area contributed by atoms with E-state index < -0.39 is 0 Å². The Morgan fingerprint density at radius 2 is 2.31 bits per heavy atom. The van der Waals surface area contributed by atoms with Crippen molar-refractivity contribution in [2.24, 2.45) is 17.7 Å². The molecule has 0 amide bonds. The van der Waals surface area contributed by atoms with Crippen molar-refractivity contribution in [1.82, 2.24) is 15.2 Å². The van der Waals surface area contributed by atoms with E-state index in [0.717, 1.165) is 24.0 Å². The van der Waals surface area contributed by atoms with Crippen LogP contribution in [-0.2, 0) is 6.42 Å². The third-order valence-corrected chi connectivity index (χ3v) is 3.52. The molecule has 1 aliphatic rings. The number of rotatable bonds is 5. The number of hydrogen-bond donors (Lipinski definition) is 2. The zero-order chi connectivity index (χ0) is 11.7. The van der Waals surface area contributed by atoms with Gasteiger partial charge in [-0.05, 0) is 38.2 Å². The molecule has 1 aromatic heterocycles. The molecule has 3 atom stereocenters. The summed E-state index contributed by atoms with van der Waals surface area (Å²) in [5.74, 6) is 7.15. The minimum atomic E-state index is 0.380. The highest BCUT2D eigenvalue weighted by Gasteiger charge is 2.39. The third-order valence-electron chi connectivity index (χ3n) is 3.52. The Labute approximate surface area is 97.2 Å². The molecule has 0 aliphatic heterocycles. The molecule has 1 aromatic rings.